The Morgan fingerprint density at radius 2 is 1.70 bits per heavy atom. The van der Waals surface area contributed by atoms with Crippen molar-refractivity contribution in [3.8, 4) is 11.1 Å². The normalized spacial score (nSPS) is 11.0. The van der Waals surface area contributed by atoms with Crippen molar-refractivity contribution in [2.24, 2.45) is 0 Å². The van der Waals surface area contributed by atoms with E-state index in [0.717, 1.165) is 10.1 Å². The quantitative estimate of drug-likeness (QED) is 0.534. The second kappa shape index (κ2) is 7.82. The lowest BCUT2D eigenvalue weighted by molar-refractivity contribution is -0.131. The number of H-pyrrole nitrogens is 2. The van der Waals surface area contributed by atoms with Gasteiger partial charge in [0.1, 0.15) is 17.9 Å². The molecule has 2 aromatic heterocycles. The molecule has 0 bridgehead atoms. The molecule has 4 aromatic rings. The Morgan fingerprint density at radius 1 is 1.00 bits per heavy atom. The van der Waals surface area contributed by atoms with Crippen LogP contribution in [0.2, 0.25) is 0 Å². The molecule has 0 unspecified atom stereocenters. The van der Waals surface area contributed by atoms with Gasteiger partial charge in [-0.1, -0.05) is 48.5 Å². The van der Waals surface area contributed by atoms with E-state index in [1.54, 1.807) is 25.2 Å². The maximum absolute atomic E-state index is 14.2. The number of carbonyl (C=O) groups is 1. The summed E-state index contributed by atoms with van der Waals surface area (Å²) in [6.07, 6.45) is 1.47. The van der Waals surface area contributed by atoms with Crippen LogP contribution in [0.4, 0.5) is 4.39 Å². The first-order chi connectivity index (χ1) is 14.5. The van der Waals surface area contributed by atoms with E-state index in [9.17, 15) is 18.8 Å². The lowest BCUT2D eigenvalue weighted by atomic mass is 10.1. The molecule has 4 rings (SSSR count). The van der Waals surface area contributed by atoms with Crippen LogP contribution in [0.3, 0.4) is 0 Å². The summed E-state index contributed by atoms with van der Waals surface area (Å²) in [5.41, 5.74) is 0.503. The summed E-state index contributed by atoms with van der Waals surface area (Å²) >= 11 is 0. The summed E-state index contributed by atoms with van der Waals surface area (Å²) in [6.45, 7) is -0.0456. The summed E-state index contributed by atoms with van der Waals surface area (Å²) in [4.78, 5) is 44.8. The number of rotatable bonds is 5. The molecule has 0 saturated carbocycles. The number of hydrogen-bond acceptors (Lipinski definition) is 3. The zero-order valence-electron chi connectivity index (χ0n) is 16.2. The standard InChI is InChI=1S/C22H19FN4O3/c1-26(12-14-7-3-2-4-8-14)18(28)13-27-21(29)20-19(25-22(27)30)16(11-24-20)15-9-5-6-10-17(15)23/h2-11,24H,12-13H2,1H3,(H,25,30). The highest BCUT2D eigenvalue weighted by Crippen LogP contribution is 2.27. The minimum Gasteiger partial charge on any atom is -0.355 e. The molecule has 2 N–H and O–H groups in total. The molecule has 0 aliphatic rings. The van der Waals surface area contributed by atoms with Crippen LogP contribution in [-0.4, -0.2) is 32.4 Å². The number of halogens is 1. The minimum atomic E-state index is -0.730. The smallest absolute Gasteiger partial charge is 0.329 e. The van der Waals surface area contributed by atoms with Crippen LogP contribution in [-0.2, 0) is 17.9 Å². The van der Waals surface area contributed by atoms with Crippen molar-refractivity contribution < 1.29 is 9.18 Å². The molecule has 1 amide bonds. The van der Waals surface area contributed by atoms with Gasteiger partial charge in [0.05, 0.1) is 5.52 Å². The first-order valence-corrected chi connectivity index (χ1v) is 9.32. The Labute approximate surface area is 170 Å². The van der Waals surface area contributed by atoms with Crippen LogP contribution in [0.25, 0.3) is 22.2 Å². The number of benzene rings is 2. The van der Waals surface area contributed by atoms with Gasteiger partial charge in [0.15, 0.2) is 0 Å². The second-order valence-corrected chi connectivity index (χ2v) is 6.99. The first-order valence-electron chi connectivity index (χ1n) is 9.32. The third kappa shape index (κ3) is 3.55. The van der Waals surface area contributed by atoms with E-state index in [1.807, 2.05) is 30.3 Å². The highest BCUT2D eigenvalue weighted by molar-refractivity contribution is 5.92. The van der Waals surface area contributed by atoms with Crippen molar-refractivity contribution in [2.75, 3.05) is 7.05 Å². The molecule has 0 atom stereocenters. The first kappa shape index (κ1) is 19.4. The van der Waals surface area contributed by atoms with Gasteiger partial charge in [0, 0.05) is 30.9 Å². The van der Waals surface area contributed by atoms with E-state index in [2.05, 4.69) is 9.97 Å². The monoisotopic (exact) mass is 406 g/mol. The van der Waals surface area contributed by atoms with E-state index in [4.69, 9.17) is 0 Å². The number of aromatic amines is 2. The zero-order chi connectivity index (χ0) is 21.3. The lowest BCUT2D eigenvalue weighted by Crippen LogP contribution is -2.41. The molecule has 0 aliphatic heterocycles. The van der Waals surface area contributed by atoms with Crippen molar-refractivity contribution in [3.05, 3.63) is 93.0 Å². The van der Waals surface area contributed by atoms with Crippen molar-refractivity contribution in [3.63, 3.8) is 0 Å². The van der Waals surface area contributed by atoms with Gasteiger partial charge in [-0.25, -0.2) is 13.8 Å². The van der Waals surface area contributed by atoms with Crippen LogP contribution in [0.1, 0.15) is 5.56 Å². The maximum Gasteiger partial charge on any atom is 0.329 e. The van der Waals surface area contributed by atoms with Gasteiger partial charge in [-0.3, -0.25) is 9.59 Å². The fourth-order valence-corrected chi connectivity index (χ4v) is 3.36. The molecule has 152 valence electrons. The molecule has 30 heavy (non-hydrogen) atoms. The molecule has 2 heterocycles. The summed E-state index contributed by atoms with van der Waals surface area (Å²) in [6, 6.07) is 15.5. The average molecular weight is 406 g/mol. The number of carbonyl (C=O) groups excluding carboxylic acids is 1. The van der Waals surface area contributed by atoms with Gasteiger partial charge in [-0.2, -0.15) is 0 Å². The molecule has 2 aromatic carbocycles. The molecule has 0 aliphatic carbocycles. The predicted octanol–water partition coefficient (Wildman–Crippen LogP) is 2.48. The molecular weight excluding hydrogens is 387 g/mol. The number of nitrogens with one attached hydrogen (secondary N) is 2. The van der Waals surface area contributed by atoms with E-state index in [0.29, 0.717) is 12.1 Å². The second-order valence-electron chi connectivity index (χ2n) is 6.99. The number of amides is 1. The van der Waals surface area contributed by atoms with Crippen molar-refractivity contribution in [1.29, 1.82) is 0 Å². The summed E-state index contributed by atoms with van der Waals surface area (Å²) in [5, 5.41) is 0. The number of hydrogen-bond donors (Lipinski definition) is 2. The fourth-order valence-electron chi connectivity index (χ4n) is 3.36. The van der Waals surface area contributed by atoms with E-state index < -0.39 is 23.6 Å². The van der Waals surface area contributed by atoms with E-state index in [1.165, 1.54) is 17.2 Å². The molecule has 0 radical (unpaired) electrons. The lowest BCUT2D eigenvalue weighted by Gasteiger charge is -2.17. The Bertz CT molecular complexity index is 1340. The molecule has 0 saturated heterocycles. The Hall–Kier alpha value is -3.94. The predicted molar refractivity (Wildman–Crippen MR) is 111 cm³/mol. The highest BCUT2D eigenvalue weighted by Gasteiger charge is 2.18. The largest absolute Gasteiger partial charge is 0.355 e. The SMILES string of the molecule is CN(Cc1ccccc1)C(=O)Cn1c(=O)[nH]c2c(-c3ccccc3F)c[nH]c2c1=O. The molecule has 7 nitrogen and oxygen atoms in total. The summed E-state index contributed by atoms with van der Waals surface area (Å²) < 4.78 is 15.0. The van der Waals surface area contributed by atoms with Gasteiger partial charge in [-0.05, 0) is 11.6 Å². The van der Waals surface area contributed by atoms with Crippen molar-refractivity contribution >= 4 is 16.9 Å². The molecule has 8 heteroatoms. The average Bonchev–Trinajstić information content (AvgIpc) is 3.15. The van der Waals surface area contributed by atoms with Crippen molar-refractivity contribution in [2.45, 2.75) is 13.1 Å². The number of aromatic nitrogens is 3. The fraction of sp³-hybridized carbons (Fsp3) is 0.136. The van der Waals surface area contributed by atoms with Crippen LogP contribution in [0, 0.1) is 5.82 Å². The van der Waals surface area contributed by atoms with Gasteiger partial charge in [-0.15, -0.1) is 0 Å². The summed E-state index contributed by atoms with van der Waals surface area (Å²) in [5.74, 6) is -0.854. The van der Waals surface area contributed by atoms with Crippen LogP contribution >= 0.6 is 0 Å². The van der Waals surface area contributed by atoms with Crippen molar-refractivity contribution in [1.82, 2.24) is 19.4 Å². The van der Waals surface area contributed by atoms with E-state index >= 15 is 0 Å². The van der Waals surface area contributed by atoms with Crippen LogP contribution < -0.4 is 11.2 Å². The Morgan fingerprint density at radius 3 is 2.43 bits per heavy atom. The highest BCUT2D eigenvalue weighted by atomic mass is 19.1. The third-order valence-electron chi connectivity index (χ3n) is 4.96. The number of nitrogens with zero attached hydrogens (tertiary/aromatic N) is 2. The third-order valence-corrected chi connectivity index (χ3v) is 4.96. The number of fused-ring (bicyclic) bond motifs is 1. The topological polar surface area (TPSA) is 91.0 Å². The minimum absolute atomic E-state index is 0.103. The Kier molecular flexibility index (Phi) is 5.05. The van der Waals surface area contributed by atoms with Crippen LogP contribution in [0.15, 0.2) is 70.4 Å². The summed E-state index contributed by atoms with van der Waals surface area (Å²) in [7, 11) is 1.61. The van der Waals surface area contributed by atoms with Gasteiger partial charge < -0.3 is 14.9 Å². The zero-order valence-corrected chi connectivity index (χ0v) is 16.2. The van der Waals surface area contributed by atoms with Crippen LogP contribution in [0.5, 0.6) is 0 Å². The van der Waals surface area contributed by atoms with Gasteiger partial charge in [0.25, 0.3) is 5.56 Å². The van der Waals surface area contributed by atoms with E-state index in [-0.39, 0.29) is 22.5 Å². The molecular formula is C22H19FN4O3. The Balaban J connectivity index is 1.66. The molecule has 0 fully saturated rings. The maximum atomic E-state index is 14.2. The van der Waals surface area contributed by atoms with Gasteiger partial charge in [0.2, 0.25) is 5.91 Å². The molecule has 0 spiro atoms. The number of likely N-dealkylation sites (N-methyl/N-ethyl adjacent to an activating group) is 1. The van der Waals surface area contributed by atoms with Gasteiger partial charge >= 0.3 is 5.69 Å².